The lowest BCUT2D eigenvalue weighted by Crippen LogP contribution is -2.17. The van der Waals surface area contributed by atoms with E-state index in [4.69, 9.17) is 9.72 Å². The molecule has 0 bridgehead atoms. The maximum atomic E-state index is 13.5. The number of H-pyrrole nitrogens is 2. The lowest BCUT2D eigenvalue weighted by atomic mass is 10.1. The van der Waals surface area contributed by atoms with Gasteiger partial charge in [-0.05, 0) is 49.7 Å². The maximum absolute atomic E-state index is 13.5. The highest BCUT2D eigenvalue weighted by molar-refractivity contribution is 5.99. The normalized spacial score (nSPS) is 12.1. The predicted molar refractivity (Wildman–Crippen MR) is 154 cm³/mol. The van der Waals surface area contributed by atoms with E-state index >= 15 is 0 Å². The van der Waals surface area contributed by atoms with Crippen LogP contribution in [-0.4, -0.2) is 42.3 Å². The van der Waals surface area contributed by atoms with Gasteiger partial charge in [0.2, 0.25) is 0 Å². The molecule has 1 atom stereocenters. The number of para-hydroxylation sites is 1. The van der Waals surface area contributed by atoms with Crippen molar-refractivity contribution < 1.29 is 9.53 Å². The zero-order valence-corrected chi connectivity index (χ0v) is 22.0. The molecule has 0 aliphatic carbocycles. The Labute approximate surface area is 229 Å². The van der Waals surface area contributed by atoms with Crippen LogP contribution in [-0.2, 0) is 16.1 Å². The average Bonchev–Trinajstić information content (AvgIpc) is 3.60. The molecule has 2 aromatic carbocycles. The van der Waals surface area contributed by atoms with Crippen LogP contribution in [0.4, 0.5) is 5.69 Å². The van der Waals surface area contributed by atoms with Crippen molar-refractivity contribution in [2.24, 2.45) is 0 Å². The van der Waals surface area contributed by atoms with Gasteiger partial charge in [0.25, 0.3) is 5.56 Å². The van der Waals surface area contributed by atoms with Crippen LogP contribution in [0.25, 0.3) is 44.5 Å². The molecule has 4 heterocycles. The van der Waals surface area contributed by atoms with E-state index in [2.05, 4.69) is 25.4 Å². The average molecular weight is 534 g/mol. The number of nitrogens with zero attached hydrogens (tertiary/aromatic N) is 4. The Morgan fingerprint density at radius 3 is 2.73 bits per heavy atom. The number of hydrogen-bond donors (Lipinski definition) is 3. The molecule has 0 radical (unpaired) electrons. The first-order valence-corrected chi connectivity index (χ1v) is 13.0. The van der Waals surface area contributed by atoms with Crippen molar-refractivity contribution in [2.45, 2.75) is 26.4 Å². The highest BCUT2D eigenvalue weighted by Crippen LogP contribution is 2.34. The summed E-state index contributed by atoms with van der Waals surface area (Å²) >= 11 is 0. The van der Waals surface area contributed by atoms with Crippen molar-refractivity contribution in [3.63, 3.8) is 0 Å². The largest absolute Gasteiger partial charge is 0.465 e. The third-order valence-electron chi connectivity index (χ3n) is 6.70. The zero-order valence-electron chi connectivity index (χ0n) is 22.0. The van der Waals surface area contributed by atoms with Crippen molar-refractivity contribution in [1.82, 2.24) is 29.7 Å². The van der Waals surface area contributed by atoms with Gasteiger partial charge in [0.15, 0.2) is 0 Å². The molecule has 0 saturated heterocycles. The Bertz CT molecular complexity index is 1890. The van der Waals surface area contributed by atoms with E-state index in [0.717, 1.165) is 33.2 Å². The Kier molecular flexibility index (Phi) is 6.57. The fourth-order valence-corrected chi connectivity index (χ4v) is 4.79. The van der Waals surface area contributed by atoms with Crippen LogP contribution in [0, 0.1) is 0 Å². The summed E-state index contributed by atoms with van der Waals surface area (Å²) in [4.78, 5) is 40.9. The molecule has 1 unspecified atom stereocenters. The van der Waals surface area contributed by atoms with E-state index in [-0.39, 0.29) is 24.1 Å². The minimum atomic E-state index is -0.340. The third kappa shape index (κ3) is 4.82. The second kappa shape index (κ2) is 10.5. The van der Waals surface area contributed by atoms with Gasteiger partial charge in [-0.1, -0.05) is 30.3 Å². The Hall–Kier alpha value is -5.25. The Morgan fingerprint density at radius 1 is 1.05 bits per heavy atom. The van der Waals surface area contributed by atoms with E-state index in [0.29, 0.717) is 29.2 Å². The van der Waals surface area contributed by atoms with Crippen LogP contribution in [0.2, 0.25) is 0 Å². The van der Waals surface area contributed by atoms with Crippen LogP contribution in [0.5, 0.6) is 0 Å². The smallest absolute Gasteiger partial charge is 0.327 e. The first-order chi connectivity index (χ1) is 19.5. The lowest BCUT2D eigenvalue weighted by molar-refractivity contribution is -0.144. The molecule has 0 aliphatic rings. The van der Waals surface area contributed by atoms with E-state index in [1.807, 2.05) is 67.6 Å². The fraction of sp³-hybridized carbons (Fsp3) is 0.167. The molecule has 0 aliphatic heterocycles. The summed E-state index contributed by atoms with van der Waals surface area (Å²) in [6.45, 7) is 4.15. The lowest BCUT2D eigenvalue weighted by Gasteiger charge is -2.18. The molecule has 200 valence electrons. The van der Waals surface area contributed by atoms with E-state index < -0.39 is 0 Å². The number of esters is 1. The number of carbonyl (C=O) groups is 1. The maximum Gasteiger partial charge on any atom is 0.327 e. The van der Waals surface area contributed by atoms with Crippen LogP contribution in [0.1, 0.15) is 25.6 Å². The van der Waals surface area contributed by atoms with E-state index in [1.54, 1.807) is 30.2 Å². The molecule has 0 spiro atoms. The Balaban J connectivity index is 1.40. The molecule has 0 saturated carbocycles. The first-order valence-electron chi connectivity index (χ1n) is 13.0. The minimum absolute atomic E-state index is 0.0434. The summed E-state index contributed by atoms with van der Waals surface area (Å²) in [6, 6.07) is 19.1. The number of aromatic amines is 2. The van der Waals surface area contributed by atoms with Gasteiger partial charge in [0.05, 0.1) is 46.8 Å². The monoisotopic (exact) mass is 533 g/mol. The summed E-state index contributed by atoms with van der Waals surface area (Å²) in [5, 5.41) is 8.68. The number of nitrogens with one attached hydrogen (secondary N) is 3. The molecular formula is C30H27N7O3. The molecule has 40 heavy (non-hydrogen) atoms. The number of anilines is 1. The Morgan fingerprint density at radius 2 is 1.90 bits per heavy atom. The van der Waals surface area contributed by atoms with Crippen molar-refractivity contribution in [1.29, 1.82) is 0 Å². The molecular weight excluding hydrogens is 506 g/mol. The second-order valence-corrected chi connectivity index (χ2v) is 9.42. The van der Waals surface area contributed by atoms with Crippen LogP contribution >= 0.6 is 0 Å². The topological polar surface area (TPSA) is 131 Å². The summed E-state index contributed by atoms with van der Waals surface area (Å²) in [5.41, 5.74) is 5.65. The predicted octanol–water partition coefficient (Wildman–Crippen LogP) is 5.07. The number of imidazole rings is 1. The molecule has 10 heteroatoms. The van der Waals surface area contributed by atoms with Gasteiger partial charge in [-0.15, -0.1) is 0 Å². The standard InChI is InChI=1S/C30H27N7O3/c1-3-40-26(38)17-37-16-20(15-32-37)19-11-12-24-25(14-19)35-29(34-24)27-28(33-18(2)22-9-6-7-13-31-22)21-8-4-5-10-23(21)36-30(27)39/h4-16,18H,3,17H2,1-2H3,(H,34,35)(H2,33,36,39). The molecule has 10 nitrogen and oxygen atoms in total. The summed E-state index contributed by atoms with van der Waals surface area (Å²) < 4.78 is 6.56. The van der Waals surface area contributed by atoms with E-state index in [1.165, 1.54) is 0 Å². The first kappa shape index (κ1) is 25.1. The molecule has 0 fully saturated rings. The van der Waals surface area contributed by atoms with Crippen molar-refractivity contribution >= 4 is 33.6 Å². The van der Waals surface area contributed by atoms with Crippen LogP contribution in [0.15, 0.2) is 84.0 Å². The molecule has 6 aromatic rings. The number of benzene rings is 2. The second-order valence-electron chi connectivity index (χ2n) is 9.42. The summed E-state index contributed by atoms with van der Waals surface area (Å²) in [7, 11) is 0. The minimum Gasteiger partial charge on any atom is -0.465 e. The quantitative estimate of drug-likeness (QED) is 0.233. The highest BCUT2D eigenvalue weighted by atomic mass is 16.5. The molecule has 0 amide bonds. The van der Waals surface area contributed by atoms with E-state index in [9.17, 15) is 9.59 Å². The van der Waals surface area contributed by atoms with Gasteiger partial charge >= 0.3 is 5.97 Å². The van der Waals surface area contributed by atoms with Crippen LogP contribution < -0.4 is 10.9 Å². The highest BCUT2D eigenvalue weighted by Gasteiger charge is 2.20. The number of hydrogen-bond acceptors (Lipinski definition) is 7. The van der Waals surface area contributed by atoms with Gasteiger partial charge in [0.1, 0.15) is 17.9 Å². The molecule has 4 aromatic heterocycles. The van der Waals surface area contributed by atoms with Gasteiger partial charge in [-0.3, -0.25) is 19.3 Å². The van der Waals surface area contributed by atoms with Gasteiger partial charge in [-0.2, -0.15) is 5.10 Å². The van der Waals surface area contributed by atoms with Gasteiger partial charge in [-0.25, -0.2) is 4.98 Å². The van der Waals surface area contributed by atoms with Crippen molar-refractivity contribution in [2.75, 3.05) is 11.9 Å². The van der Waals surface area contributed by atoms with Gasteiger partial charge in [0, 0.05) is 23.3 Å². The van der Waals surface area contributed by atoms with Crippen molar-refractivity contribution in [3.05, 3.63) is 95.3 Å². The van der Waals surface area contributed by atoms with Crippen molar-refractivity contribution in [3.8, 4) is 22.5 Å². The fourth-order valence-electron chi connectivity index (χ4n) is 4.79. The SMILES string of the molecule is CCOC(=O)Cn1cc(-c2ccc3nc(-c4c(NC(C)c5ccccn5)c5ccccc5[nH]c4=O)[nH]c3c2)cn1. The number of pyridine rings is 2. The van der Waals surface area contributed by atoms with Gasteiger partial charge < -0.3 is 20.0 Å². The molecule has 6 rings (SSSR count). The summed E-state index contributed by atoms with van der Waals surface area (Å²) in [6.07, 6.45) is 5.25. The summed E-state index contributed by atoms with van der Waals surface area (Å²) in [5.74, 6) is 0.112. The number of fused-ring (bicyclic) bond motifs is 2. The molecule has 3 N–H and O–H groups in total. The van der Waals surface area contributed by atoms with Crippen LogP contribution in [0.3, 0.4) is 0 Å². The third-order valence-corrected chi connectivity index (χ3v) is 6.70. The number of aromatic nitrogens is 6. The number of ether oxygens (including phenoxy) is 1. The zero-order chi connectivity index (χ0) is 27.6. The number of carbonyl (C=O) groups excluding carboxylic acids is 1. The number of rotatable bonds is 8.